The van der Waals surface area contributed by atoms with Crippen LogP contribution < -0.4 is 4.74 Å². The van der Waals surface area contributed by atoms with Gasteiger partial charge in [0.2, 0.25) is 0 Å². The summed E-state index contributed by atoms with van der Waals surface area (Å²) in [7, 11) is 0. The van der Waals surface area contributed by atoms with E-state index in [0.29, 0.717) is 19.0 Å². The van der Waals surface area contributed by atoms with Gasteiger partial charge in [0.25, 0.3) is 0 Å². The second-order valence-electron chi connectivity index (χ2n) is 7.96. The number of benzene rings is 1. The third-order valence-electron chi connectivity index (χ3n) is 4.27. The van der Waals surface area contributed by atoms with Crippen molar-refractivity contribution in [2.75, 3.05) is 13.1 Å². The fourth-order valence-corrected chi connectivity index (χ4v) is 2.99. The minimum Gasteiger partial charge on any atom is -0.490 e. The van der Waals surface area contributed by atoms with E-state index in [1.54, 1.807) is 4.90 Å². The van der Waals surface area contributed by atoms with E-state index in [-0.39, 0.29) is 12.2 Å². The Balaban J connectivity index is 1.89. The normalized spacial score (nSPS) is 16.4. The van der Waals surface area contributed by atoms with E-state index in [9.17, 15) is 4.79 Å². The Morgan fingerprint density at radius 3 is 2.38 bits per heavy atom. The molecule has 1 aromatic rings. The molecule has 134 valence electrons. The van der Waals surface area contributed by atoms with Crippen LogP contribution >= 0.6 is 0 Å². The van der Waals surface area contributed by atoms with E-state index < -0.39 is 5.60 Å². The van der Waals surface area contributed by atoms with E-state index in [4.69, 9.17) is 9.47 Å². The third kappa shape index (κ3) is 5.15. The van der Waals surface area contributed by atoms with Gasteiger partial charge in [0.05, 0.1) is 0 Å². The number of aryl methyl sites for hydroxylation is 1. The van der Waals surface area contributed by atoms with E-state index in [1.165, 1.54) is 11.1 Å². The van der Waals surface area contributed by atoms with Gasteiger partial charge in [-0.1, -0.05) is 19.9 Å². The zero-order valence-corrected chi connectivity index (χ0v) is 15.9. The summed E-state index contributed by atoms with van der Waals surface area (Å²) < 4.78 is 11.6. The number of carbonyl (C=O) groups is 1. The van der Waals surface area contributed by atoms with Gasteiger partial charge in [0.15, 0.2) is 0 Å². The summed E-state index contributed by atoms with van der Waals surface area (Å²) in [6.07, 6.45) is 1.61. The Morgan fingerprint density at radius 2 is 1.83 bits per heavy atom. The summed E-state index contributed by atoms with van der Waals surface area (Å²) in [4.78, 5) is 13.9. The fourth-order valence-electron chi connectivity index (χ4n) is 2.99. The minimum atomic E-state index is -0.445. The molecule has 4 nitrogen and oxygen atoms in total. The van der Waals surface area contributed by atoms with Crippen LogP contribution in [-0.2, 0) is 4.74 Å². The van der Waals surface area contributed by atoms with Crippen molar-refractivity contribution in [3.8, 4) is 5.75 Å². The molecule has 4 heteroatoms. The summed E-state index contributed by atoms with van der Waals surface area (Å²) >= 11 is 0. The van der Waals surface area contributed by atoms with Crippen LogP contribution in [0, 0.1) is 6.92 Å². The molecule has 1 saturated heterocycles. The van der Waals surface area contributed by atoms with Crippen molar-refractivity contribution in [2.24, 2.45) is 0 Å². The number of rotatable bonds is 3. The molecule has 1 aliphatic heterocycles. The largest absolute Gasteiger partial charge is 0.490 e. The third-order valence-corrected chi connectivity index (χ3v) is 4.27. The first-order chi connectivity index (χ1) is 11.2. The zero-order valence-electron chi connectivity index (χ0n) is 15.9. The summed E-state index contributed by atoms with van der Waals surface area (Å²) in [5.74, 6) is 1.42. The van der Waals surface area contributed by atoms with E-state index >= 15 is 0 Å². The maximum absolute atomic E-state index is 12.1. The molecule has 0 radical (unpaired) electrons. The van der Waals surface area contributed by atoms with Crippen molar-refractivity contribution in [3.05, 3.63) is 29.3 Å². The predicted molar refractivity (Wildman–Crippen MR) is 96.7 cm³/mol. The molecule has 0 unspecified atom stereocenters. The topological polar surface area (TPSA) is 38.8 Å². The second-order valence-corrected chi connectivity index (χ2v) is 7.96. The van der Waals surface area contributed by atoms with E-state index in [0.717, 1.165) is 18.6 Å². The number of hydrogen-bond acceptors (Lipinski definition) is 3. The van der Waals surface area contributed by atoms with Gasteiger partial charge in [-0.05, 0) is 56.9 Å². The molecule has 0 saturated carbocycles. The Labute approximate surface area is 146 Å². The Kier molecular flexibility index (Phi) is 5.79. The lowest BCUT2D eigenvalue weighted by Gasteiger charge is -2.33. The standard InChI is InChI=1S/C20H31NO3/c1-14(2)18-13-17(8-7-15(18)3)23-16-9-11-21(12-10-16)19(22)24-20(4,5)6/h7-8,13-14,16H,9-12H2,1-6H3. The molecule has 1 aliphatic rings. The van der Waals surface area contributed by atoms with Crippen LogP contribution in [0.5, 0.6) is 5.75 Å². The summed E-state index contributed by atoms with van der Waals surface area (Å²) in [5.41, 5.74) is 2.19. The van der Waals surface area contributed by atoms with Gasteiger partial charge in [-0.15, -0.1) is 0 Å². The predicted octanol–water partition coefficient (Wildman–Crippen LogP) is 4.90. The van der Waals surface area contributed by atoms with Crippen LogP contribution in [0.25, 0.3) is 0 Å². The highest BCUT2D eigenvalue weighted by molar-refractivity contribution is 5.68. The molecule has 24 heavy (non-hydrogen) atoms. The maximum atomic E-state index is 12.1. The van der Waals surface area contributed by atoms with Crippen LogP contribution in [0.4, 0.5) is 4.79 Å². The maximum Gasteiger partial charge on any atom is 0.410 e. The summed E-state index contributed by atoms with van der Waals surface area (Å²) in [5, 5.41) is 0. The fraction of sp³-hybridized carbons (Fsp3) is 0.650. The summed E-state index contributed by atoms with van der Waals surface area (Å²) in [6, 6.07) is 6.32. The minimum absolute atomic E-state index is 0.159. The van der Waals surface area contributed by atoms with Crippen LogP contribution in [-0.4, -0.2) is 35.8 Å². The number of piperidine rings is 1. The molecular formula is C20H31NO3. The first-order valence-electron chi connectivity index (χ1n) is 8.91. The van der Waals surface area contributed by atoms with Crippen molar-refractivity contribution in [1.82, 2.24) is 4.90 Å². The van der Waals surface area contributed by atoms with Gasteiger partial charge in [0.1, 0.15) is 17.5 Å². The molecule has 0 N–H and O–H groups in total. The molecule has 0 aromatic heterocycles. The molecule has 1 heterocycles. The average Bonchev–Trinajstić information content (AvgIpc) is 2.48. The van der Waals surface area contributed by atoms with Gasteiger partial charge in [0, 0.05) is 25.9 Å². The van der Waals surface area contributed by atoms with Gasteiger partial charge in [-0.3, -0.25) is 0 Å². The Hall–Kier alpha value is -1.71. The first kappa shape index (κ1) is 18.6. The second kappa shape index (κ2) is 7.45. The van der Waals surface area contributed by atoms with Gasteiger partial charge in [-0.25, -0.2) is 4.79 Å². The number of carbonyl (C=O) groups excluding carboxylic acids is 1. The number of likely N-dealkylation sites (tertiary alicyclic amines) is 1. The van der Waals surface area contributed by atoms with Crippen LogP contribution in [0.1, 0.15) is 64.5 Å². The molecule has 0 spiro atoms. The molecule has 2 rings (SSSR count). The van der Waals surface area contributed by atoms with Crippen LogP contribution in [0.2, 0.25) is 0 Å². The van der Waals surface area contributed by atoms with Crippen molar-refractivity contribution in [3.63, 3.8) is 0 Å². The number of amides is 1. The quantitative estimate of drug-likeness (QED) is 0.790. The zero-order chi connectivity index (χ0) is 17.9. The SMILES string of the molecule is Cc1ccc(OC2CCN(C(=O)OC(C)(C)C)CC2)cc1C(C)C. The highest BCUT2D eigenvalue weighted by Crippen LogP contribution is 2.26. The lowest BCUT2D eigenvalue weighted by Crippen LogP contribution is -2.44. The Morgan fingerprint density at radius 1 is 1.21 bits per heavy atom. The van der Waals surface area contributed by atoms with E-state index in [1.807, 2.05) is 26.8 Å². The monoisotopic (exact) mass is 333 g/mol. The Bertz CT molecular complexity index is 567. The molecule has 0 aliphatic carbocycles. The van der Waals surface area contributed by atoms with Crippen LogP contribution in [0.15, 0.2) is 18.2 Å². The molecule has 1 fully saturated rings. The number of ether oxygens (including phenoxy) is 2. The van der Waals surface area contributed by atoms with Gasteiger partial charge >= 0.3 is 6.09 Å². The summed E-state index contributed by atoms with van der Waals surface area (Å²) in [6.45, 7) is 13.6. The number of hydrogen-bond donors (Lipinski definition) is 0. The number of nitrogens with zero attached hydrogens (tertiary/aromatic N) is 1. The van der Waals surface area contributed by atoms with Crippen molar-refractivity contribution >= 4 is 6.09 Å². The highest BCUT2D eigenvalue weighted by atomic mass is 16.6. The lowest BCUT2D eigenvalue weighted by atomic mass is 9.98. The van der Waals surface area contributed by atoms with E-state index in [2.05, 4.69) is 32.9 Å². The molecular weight excluding hydrogens is 302 g/mol. The molecule has 1 amide bonds. The van der Waals surface area contributed by atoms with Crippen LogP contribution in [0.3, 0.4) is 0 Å². The van der Waals surface area contributed by atoms with Gasteiger partial charge in [-0.2, -0.15) is 0 Å². The van der Waals surface area contributed by atoms with Crippen molar-refractivity contribution < 1.29 is 14.3 Å². The van der Waals surface area contributed by atoms with Crippen molar-refractivity contribution in [2.45, 2.75) is 72.0 Å². The lowest BCUT2D eigenvalue weighted by molar-refractivity contribution is 0.0126. The highest BCUT2D eigenvalue weighted by Gasteiger charge is 2.27. The first-order valence-corrected chi connectivity index (χ1v) is 8.91. The van der Waals surface area contributed by atoms with Gasteiger partial charge < -0.3 is 14.4 Å². The molecule has 0 atom stereocenters. The molecule has 0 bridgehead atoms. The average molecular weight is 333 g/mol. The van der Waals surface area contributed by atoms with Crippen molar-refractivity contribution in [1.29, 1.82) is 0 Å². The smallest absolute Gasteiger partial charge is 0.410 e. The molecule has 1 aromatic carbocycles.